The molecule has 2 aliphatic rings. The molecule has 0 bridgehead atoms. The molecule has 2 unspecified atom stereocenters. The van der Waals surface area contributed by atoms with Crippen molar-refractivity contribution >= 4 is 15.9 Å². The molecule has 2 atom stereocenters. The average molecular weight is 536 g/mol. The van der Waals surface area contributed by atoms with Gasteiger partial charge >= 0.3 is 0 Å². The molecule has 38 heavy (non-hydrogen) atoms. The zero-order valence-electron chi connectivity index (χ0n) is 22.0. The van der Waals surface area contributed by atoms with Gasteiger partial charge in [-0.1, -0.05) is 60.7 Å². The lowest BCUT2D eigenvalue weighted by Gasteiger charge is -2.44. The molecule has 1 saturated heterocycles. The predicted octanol–water partition coefficient (Wildman–Crippen LogP) is 4.07. The zero-order chi connectivity index (χ0) is 26.9. The van der Waals surface area contributed by atoms with Crippen LogP contribution in [-0.4, -0.2) is 70.8 Å². The molecule has 8 heteroatoms. The van der Waals surface area contributed by atoms with Crippen LogP contribution in [0.3, 0.4) is 0 Å². The second-order valence-electron chi connectivity index (χ2n) is 10.9. The fourth-order valence-corrected chi connectivity index (χ4v) is 6.55. The van der Waals surface area contributed by atoms with Crippen molar-refractivity contribution in [2.24, 2.45) is 5.92 Å². The maximum atomic E-state index is 11.6. The van der Waals surface area contributed by atoms with E-state index < -0.39 is 15.9 Å². The summed E-state index contributed by atoms with van der Waals surface area (Å²) in [7, 11) is -2.89. The topological polar surface area (TPSA) is 95.7 Å². The molecule has 1 aliphatic heterocycles. The van der Waals surface area contributed by atoms with Gasteiger partial charge < -0.3 is 19.7 Å². The predicted molar refractivity (Wildman–Crippen MR) is 150 cm³/mol. The Hall–Kier alpha value is -2.78. The molecule has 7 nitrogen and oxygen atoms in total. The Morgan fingerprint density at radius 3 is 2.26 bits per heavy atom. The number of rotatable bonds is 10. The minimum absolute atomic E-state index is 0.0827. The van der Waals surface area contributed by atoms with Crippen LogP contribution in [0.4, 0.5) is 0 Å². The highest BCUT2D eigenvalue weighted by molar-refractivity contribution is 7.91. The SMILES string of the molecule is CC(O)c1nccn1C(/C=C/c1ccc(-c2ccc(C3CC(CN4CC(S(C)(=O)=O)C4)C3)cc2)cc1)CO. The number of hydrogen-bond acceptors (Lipinski definition) is 6. The standard InChI is InChI=1S/C30H37N3O4S/c1-21(35)30-31-13-14-33(30)28(20-34)12-5-22-3-6-24(7-4-22)25-8-10-26(11-9-25)27-15-23(16-27)17-32-18-29(19-32)38(2,36)37/h3-14,21,23,27-29,34-35H,15-20H2,1-2H3/b12-5+. The van der Waals surface area contributed by atoms with E-state index in [0.29, 0.717) is 30.7 Å². The number of hydrogen-bond donors (Lipinski definition) is 2. The van der Waals surface area contributed by atoms with Crippen LogP contribution in [0.15, 0.2) is 67.0 Å². The summed E-state index contributed by atoms with van der Waals surface area (Å²) in [6.45, 7) is 3.99. The molecule has 5 rings (SSSR count). The smallest absolute Gasteiger partial charge is 0.152 e. The molecule has 0 amide bonds. The molecule has 1 saturated carbocycles. The Bertz CT molecular complexity index is 1350. The zero-order valence-corrected chi connectivity index (χ0v) is 22.8. The minimum Gasteiger partial charge on any atom is -0.394 e. The van der Waals surface area contributed by atoms with Crippen LogP contribution in [0.5, 0.6) is 0 Å². The van der Waals surface area contributed by atoms with Gasteiger partial charge in [0.15, 0.2) is 9.84 Å². The molecular formula is C30H37N3O4S. The Labute approximate surface area is 225 Å². The van der Waals surface area contributed by atoms with Gasteiger partial charge in [-0.15, -0.1) is 0 Å². The molecule has 1 aliphatic carbocycles. The number of aliphatic hydroxyl groups is 2. The van der Waals surface area contributed by atoms with Crippen molar-refractivity contribution in [1.29, 1.82) is 0 Å². The number of nitrogens with zero attached hydrogens (tertiary/aromatic N) is 3. The van der Waals surface area contributed by atoms with E-state index in [4.69, 9.17) is 0 Å². The third-order valence-electron chi connectivity index (χ3n) is 8.03. The normalized spacial score (nSPS) is 22.2. The van der Waals surface area contributed by atoms with Crippen LogP contribution < -0.4 is 0 Å². The maximum absolute atomic E-state index is 11.6. The fourth-order valence-electron chi connectivity index (χ4n) is 5.59. The molecule has 0 radical (unpaired) electrons. The molecule has 2 heterocycles. The van der Waals surface area contributed by atoms with Gasteiger partial charge in [-0.2, -0.15) is 0 Å². The summed E-state index contributed by atoms with van der Waals surface area (Å²) in [4.78, 5) is 6.47. The lowest BCUT2D eigenvalue weighted by molar-refractivity contribution is 0.112. The quantitative estimate of drug-likeness (QED) is 0.406. The summed E-state index contributed by atoms with van der Waals surface area (Å²) in [5.74, 6) is 1.79. The highest BCUT2D eigenvalue weighted by Gasteiger charge is 2.38. The van der Waals surface area contributed by atoms with Crippen LogP contribution in [0.25, 0.3) is 17.2 Å². The van der Waals surface area contributed by atoms with Crippen molar-refractivity contribution in [1.82, 2.24) is 14.5 Å². The van der Waals surface area contributed by atoms with Crippen LogP contribution in [0.2, 0.25) is 0 Å². The van der Waals surface area contributed by atoms with Gasteiger partial charge in [0.05, 0.1) is 17.9 Å². The van der Waals surface area contributed by atoms with Crippen LogP contribution in [0.1, 0.15) is 54.8 Å². The van der Waals surface area contributed by atoms with Gasteiger partial charge in [0, 0.05) is 38.3 Å². The van der Waals surface area contributed by atoms with Crippen molar-refractivity contribution in [3.63, 3.8) is 0 Å². The van der Waals surface area contributed by atoms with Crippen molar-refractivity contribution in [3.05, 3.63) is 84.0 Å². The summed E-state index contributed by atoms with van der Waals surface area (Å²) in [6.07, 6.45) is 10.3. The molecule has 202 valence electrons. The van der Waals surface area contributed by atoms with Crippen LogP contribution >= 0.6 is 0 Å². The second-order valence-corrected chi connectivity index (χ2v) is 13.3. The van der Waals surface area contributed by atoms with Gasteiger partial charge in [0.1, 0.15) is 11.9 Å². The van der Waals surface area contributed by atoms with E-state index >= 15 is 0 Å². The van der Waals surface area contributed by atoms with Gasteiger partial charge in [-0.3, -0.25) is 0 Å². The summed E-state index contributed by atoms with van der Waals surface area (Å²) in [5.41, 5.74) is 4.75. The Balaban J connectivity index is 1.13. The van der Waals surface area contributed by atoms with Gasteiger partial charge in [0.25, 0.3) is 0 Å². The Morgan fingerprint density at radius 2 is 1.68 bits per heavy atom. The fraction of sp³-hybridized carbons (Fsp3) is 0.433. The molecule has 3 aromatic rings. The highest BCUT2D eigenvalue weighted by atomic mass is 32.2. The maximum Gasteiger partial charge on any atom is 0.152 e. The lowest BCUT2D eigenvalue weighted by Crippen LogP contribution is -2.56. The number of aliphatic hydroxyl groups excluding tert-OH is 2. The molecule has 2 N–H and O–H groups in total. The summed E-state index contributed by atoms with van der Waals surface area (Å²) >= 11 is 0. The first-order valence-corrected chi connectivity index (χ1v) is 15.3. The first kappa shape index (κ1) is 26.8. The van der Waals surface area contributed by atoms with E-state index in [1.54, 1.807) is 23.9 Å². The van der Waals surface area contributed by atoms with E-state index in [1.807, 2.05) is 12.2 Å². The Morgan fingerprint density at radius 1 is 1.05 bits per heavy atom. The van der Waals surface area contributed by atoms with Gasteiger partial charge in [-0.25, -0.2) is 13.4 Å². The van der Waals surface area contributed by atoms with E-state index in [9.17, 15) is 18.6 Å². The number of likely N-dealkylation sites (tertiary alicyclic amines) is 1. The molecule has 2 aromatic carbocycles. The van der Waals surface area contributed by atoms with E-state index in [0.717, 1.165) is 17.7 Å². The van der Waals surface area contributed by atoms with Gasteiger partial charge in [0.2, 0.25) is 0 Å². The summed E-state index contributed by atoms with van der Waals surface area (Å²) < 4.78 is 25.0. The highest BCUT2D eigenvalue weighted by Crippen LogP contribution is 2.43. The van der Waals surface area contributed by atoms with E-state index in [2.05, 4.69) is 58.4 Å². The molecule has 0 spiro atoms. The number of benzene rings is 2. The first-order valence-electron chi connectivity index (χ1n) is 13.3. The van der Waals surface area contributed by atoms with E-state index in [1.165, 1.54) is 30.2 Å². The lowest BCUT2D eigenvalue weighted by atomic mass is 9.71. The van der Waals surface area contributed by atoms with Crippen LogP contribution in [-0.2, 0) is 9.84 Å². The molecule has 1 aromatic heterocycles. The monoisotopic (exact) mass is 535 g/mol. The number of aromatic nitrogens is 2. The van der Waals surface area contributed by atoms with Crippen molar-refractivity contribution < 1.29 is 18.6 Å². The first-order chi connectivity index (χ1) is 18.2. The van der Waals surface area contributed by atoms with Crippen molar-refractivity contribution in [2.45, 2.75) is 43.1 Å². The summed E-state index contributed by atoms with van der Waals surface area (Å²) in [5, 5.41) is 19.6. The third-order valence-corrected chi connectivity index (χ3v) is 9.54. The van der Waals surface area contributed by atoms with Gasteiger partial charge in [-0.05, 0) is 53.9 Å². The average Bonchev–Trinajstić information content (AvgIpc) is 3.32. The van der Waals surface area contributed by atoms with Crippen molar-refractivity contribution in [3.8, 4) is 11.1 Å². The molecular weight excluding hydrogens is 498 g/mol. The largest absolute Gasteiger partial charge is 0.394 e. The number of imidazole rings is 1. The van der Waals surface area contributed by atoms with E-state index in [-0.39, 0.29) is 17.9 Å². The Kier molecular flexibility index (Phi) is 7.86. The number of sulfone groups is 1. The second kappa shape index (κ2) is 11.1. The summed E-state index contributed by atoms with van der Waals surface area (Å²) in [6, 6.07) is 16.9. The van der Waals surface area contributed by atoms with Crippen molar-refractivity contribution in [2.75, 3.05) is 32.5 Å². The minimum atomic E-state index is -2.89. The van der Waals surface area contributed by atoms with Crippen LogP contribution in [0, 0.1) is 5.92 Å². The third kappa shape index (κ3) is 5.94. The molecule has 2 fully saturated rings.